The minimum absolute atomic E-state index is 0. The molecule has 0 aromatic carbocycles. The van der Waals surface area contributed by atoms with Crippen molar-refractivity contribution >= 4 is 0 Å². The van der Waals surface area contributed by atoms with Crippen molar-refractivity contribution in [2.75, 3.05) is 0 Å². The van der Waals surface area contributed by atoms with Crippen LogP contribution in [0.5, 0.6) is 0 Å². The summed E-state index contributed by atoms with van der Waals surface area (Å²) < 4.78 is 0. The second-order valence-electron chi connectivity index (χ2n) is 2.81. The topological polar surface area (TPSA) is 0 Å². The van der Waals surface area contributed by atoms with Crippen LogP contribution in [-0.4, -0.2) is 0 Å². The Morgan fingerprint density at radius 3 is 2.54 bits per heavy atom. The summed E-state index contributed by atoms with van der Waals surface area (Å²) in [4.78, 5) is 0. The van der Waals surface area contributed by atoms with Gasteiger partial charge in [-0.3, -0.25) is 0 Å². The van der Waals surface area contributed by atoms with Crippen LogP contribution in [0.2, 0.25) is 0 Å². The molecule has 0 aliphatic heterocycles. The third-order valence-corrected chi connectivity index (χ3v) is 2.21. The van der Waals surface area contributed by atoms with E-state index in [1.165, 1.54) is 19.3 Å². The van der Waals surface area contributed by atoms with Crippen LogP contribution < -0.4 is 0 Å². The summed E-state index contributed by atoms with van der Waals surface area (Å²) in [6.45, 7) is 0. The summed E-state index contributed by atoms with van der Waals surface area (Å²) in [5, 5.41) is 0. The minimum atomic E-state index is 0. The van der Waals surface area contributed by atoms with Crippen LogP contribution in [0, 0.1) is 34.6 Å². The number of fused-ring (bicyclic) bond motifs is 1. The molecule has 2 aliphatic carbocycles. The molecule has 0 heterocycles. The molecule has 1 unspecified atom stereocenters. The van der Waals surface area contributed by atoms with E-state index in [2.05, 4.69) is 24.6 Å². The Bertz CT molecular complexity index is 168. The first-order valence-corrected chi connectivity index (χ1v) is 3.67. The fourth-order valence-electron chi connectivity index (χ4n) is 1.66. The van der Waals surface area contributed by atoms with Crippen LogP contribution in [0.1, 0.15) is 19.3 Å². The van der Waals surface area contributed by atoms with Crippen LogP contribution in [0.25, 0.3) is 0 Å². The Labute approximate surface area is 99.4 Å². The van der Waals surface area contributed by atoms with E-state index in [-0.39, 0.29) is 44.0 Å². The first kappa shape index (κ1) is 18.8. The Morgan fingerprint density at radius 1 is 1.23 bits per heavy atom. The molecular weight excluding hydrogens is 192 g/mol. The molecule has 0 N–H and O–H groups in total. The van der Waals surface area contributed by atoms with E-state index < -0.39 is 0 Å². The Balaban J connectivity index is -0.000000250. The van der Waals surface area contributed by atoms with Crippen molar-refractivity contribution in [1.29, 1.82) is 0 Å². The maximum atomic E-state index is 2.37. The Kier molecular flexibility index (Phi) is 12.5. The van der Waals surface area contributed by atoms with Gasteiger partial charge >= 0.3 is 21.7 Å². The number of hydrogen-bond donors (Lipinski definition) is 0. The van der Waals surface area contributed by atoms with Gasteiger partial charge in [-0.25, -0.2) is 18.1 Å². The smallest absolute Gasteiger partial charge is 0.358 e. The van der Waals surface area contributed by atoms with Gasteiger partial charge in [-0.2, -0.15) is 0 Å². The van der Waals surface area contributed by atoms with Gasteiger partial charge in [0.25, 0.3) is 0 Å². The first-order chi connectivity index (χ1) is 4.47. The molecule has 2 aliphatic rings. The molecule has 0 radical (unpaired) electrons. The van der Waals surface area contributed by atoms with E-state index in [1.807, 2.05) is 0 Å². The molecule has 1 saturated carbocycles. The molecule has 0 amide bonds. The minimum Gasteiger partial charge on any atom is -0.358 e. The first-order valence-electron chi connectivity index (χ1n) is 3.67. The number of rotatable bonds is 0. The third kappa shape index (κ3) is 4.20. The summed E-state index contributed by atoms with van der Waals surface area (Å²) in [7, 11) is 0. The molecule has 0 aromatic heterocycles. The zero-order valence-electron chi connectivity index (χ0n) is 9.01. The number of allylic oxidation sites excluding steroid dienone is 4. The van der Waals surface area contributed by atoms with E-state index in [0.29, 0.717) is 0 Å². The molecule has 0 aromatic rings. The molecule has 0 nitrogen and oxygen atoms in total. The molecular formula is C12H20Ti. The Morgan fingerprint density at radius 2 is 1.92 bits per heavy atom. The van der Waals surface area contributed by atoms with Crippen molar-refractivity contribution in [3.05, 3.63) is 52.5 Å². The number of hydrogen-bond acceptors (Lipinski definition) is 0. The van der Waals surface area contributed by atoms with Gasteiger partial charge in [-0.1, -0.05) is 6.42 Å². The predicted octanol–water partition coefficient (Wildman–Crippen LogP) is 3.84. The maximum Gasteiger partial charge on any atom is 4.00 e. The van der Waals surface area contributed by atoms with Gasteiger partial charge in [0.2, 0.25) is 0 Å². The van der Waals surface area contributed by atoms with Crippen LogP contribution in [0.15, 0.2) is 23.8 Å². The zero-order chi connectivity index (χ0) is 6.10. The van der Waals surface area contributed by atoms with E-state index in [9.17, 15) is 0 Å². The molecule has 1 atom stereocenters. The van der Waals surface area contributed by atoms with E-state index in [4.69, 9.17) is 0 Å². The van der Waals surface area contributed by atoms with Gasteiger partial charge in [0.15, 0.2) is 0 Å². The predicted molar refractivity (Wildman–Crippen MR) is 58.1 cm³/mol. The zero-order valence-corrected chi connectivity index (χ0v) is 10.6. The Hall–Kier alpha value is 0.0643. The summed E-state index contributed by atoms with van der Waals surface area (Å²) in [6.07, 6.45) is 13.0. The van der Waals surface area contributed by atoms with Crippen LogP contribution in [-0.2, 0) is 21.7 Å². The average Bonchev–Trinajstić information content (AvgIpc) is 2.33. The summed E-state index contributed by atoms with van der Waals surface area (Å²) in [6, 6.07) is 0. The quantitative estimate of drug-likeness (QED) is 0.422. The molecule has 13 heavy (non-hydrogen) atoms. The maximum absolute atomic E-state index is 2.37. The fourth-order valence-corrected chi connectivity index (χ4v) is 1.66. The largest absolute Gasteiger partial charge is 4.00 e. The fraction of sp³-hybridized carbons (Fsp3) is 0.333. The van der Waals surface area contributed by atoms with Gasteiger partial charge < -0.3 is 22.3 Å². The van der Waals surface area contributed by atoms with Gasteiger partial charge in [0.05, 0.1) is 0 Å². The van der Waals surface area contributed by atoms with E-state index >= 15 is 0 Å². The van der Waals surface area contributed by atoms with E-state index in [0.717, 1.165) is 5.92 Å². The standard InChI is InChI=1S/C9H11.3CH3.Ti/c1-2-5-9-7-3-6-8(9)4-1;;;;/h1-2,4,6,9H,3,5,7H2;3*1H3;/q4*-1;+4. The SMILES string of the molecule is C1=CCC2CC[CH-]C2=C1.[CH3-].[CH3-].[CH3-].[Ti+4]. The van der Waals surface area contributed by atoms with Crippen LogP contribution in [0.3, 0.4) is 0 Å². The average molecular weight is 212 g/mol. The van der Waals surface area contributed by atoms with Gasteiger partial charge in [0, 0.05) is 0 Å². The second-order valence-corrected chi connectivity index (χ2v) is 2.81. The normalized spacial score (nSPS) is 21.5. The monoisotopic (exact) mass is 212 g/mol. The molecule has 72 valence electrons. The van der Waals surface area contributed by atoms with Crippen LogP contribution in [0.4, 0.5) is 0 Å². The summed E-state index contributed by atoms with van der Waals surface area (Å²) in [5.74, 6) is 0.884. The van der Waals surface area contributed by atoms with Gasteiger partial charge in [-0.05, 0) is 12.3 Å². The summed E-state index contributed by atoms with van der Waals surface area (Å²) >= 11 is 0. The second kappa shape index (κ2) is 8.65. The molecule has 1 heteroatoms. The molecule has 2 rings (SSSR count). The van der Waals surface area contributed by atoms with Crippen LogP contribution >= 0.6 is 0 Å². The molecule has 0 saturated heterocycles. The van der Waals surface area contributed by atoms with Crippen molar-refractivity contribution in [2.24, 2.45) is 5.92 Å². The van der Waals surface area contributed by atoms with Gasteiger partial charge in [0.1, 0.15) is 0 Å². The van der Waals surface area contributed by atoms with Crippen molar-refractivity contribution in [1.82, 2.24) is 0 Å². The van der Waals surface area contributed by atoms with E-state index in [1.54, 1.807) is 5.57 Å². The van der Waals surface area contributed by atoms with Crippen molar-refractivity contribution < 1.29 is 21.7 Å². The van der Waals surface area contributed by atoms with Crippen molar-refractivity contribution in [3.8, 4) is 0 Å². The van der Waals surface area contributed by atoms with Gasteiger partial charge in [-0.15, -0.1) is 18.6 Å². The molecule has 0 bridgehead atoms. The molecule has 0 spiro atoms. The molecule has 1 fully saturated rings. The third-order valence-electron chi connectivity index (χ3n) is 2.21. The van der Waals surface area contributed by atoms with Crippen molar-refractivity contribution in [2.45, 2.75) is 19.3 Å². The van der Waals surface area contributed by atoms with Crippen molar-refractivity contribution in [3.63, 3.8) is 0 Å². The summed E-state index contributed by atoms with van der Waals surface area (Å²) in [5.41, 5.74) is 1.58.